The van der Waals surface area contributed by atoms with Gasteiger partial charge in [-0.05, 0) is 0 Å². The number of hydrogen-bond acceptors (Lipinski definition) is 11. The van der Waals surface area contributed by atoms with Gasteiger partial charge in [0.25, 0.3) is 0 Å². The first-order valence-corrected chi connectivity index (χ1v) is 7.07. The van der Waals surface area contributed by atoms with E-state index < -0.39 is 73.9 Å². The lowest BCUT2D eigenvalue weighted by atomic mass is 9.84. The summed E-state index contributed by atoms with van der Waals surface area (Å²) in [5.74, 6) is 0. The molecule has 0 amide bonds. The summed E-state index contributed by atoms with van der Waals surface area (Å²) >= 11 is 0. The molecule has 1 saturated heterocycles. The summed E-state index contributed by atoms with van der Waals surface area (Å²) in [5, 5.41) is 86.6. The molecule has 0 bridgehead atoms. The quantitative estimate of drug-likeness (QED) is 0.236. The Bertz CT molecular complexity index is 377. The van der Waals surface area contributed by atoms with E-state index in [1.54, 1.807) is 0 Å². The van der Waals surface area contributed by atoms with Crippen LogP contribution in [0.2, 0.25) is 0 Å². The topological polar surface area (TPSA) is 201 Å². The van der Waals surface area contributed by atoms with E-state index in [1.807, 2.05) is 0 Å². The van der Waals surface area contributed by atoms with E-state index in [0.29, 0.717) is 0 Å². The van der Waals surface area contributed by atoms with Crippen molar-refractivity contribution in [2.24, 2.45) is 0 Å². The van der Waals surface area contributed by atoms with E-state index in [9.17, 15) is 40.9 Å². The predicted octanol–water partition coefficient (Wildman–Crippen LogP) is -6.01. The Morgan fingerprint density at radius 1 is 0.609 bits per heavy atom. The van der Waals surface area contributed by atoms with Crippen molar-refractivity contribution in [1.82, 2.24) is 0 Å². The summed E-state index contributed by atoms with van der Waals surface area (Å²) in [7, 11) is 0. The lowest BCUT2D eigenvalue weighted by molar-refractivity contribution is -0.339. The van der Waals surface area contributed by atoms with Crippen molar-refractivity contribution in [2.45, 2.75) is 67.3 Å². The third-order valence-electron chi connectivity index (χ3n) is 4.21. The summed E-state index contributed by atoms with van der Waals surface area (Å²) in [6.45, 7) is -0.704. The van der Waals surface area contributed by atoms with E-state index in [0.717, 1.165) is 0 Å². The molecule has 2 rings (SSSR count). The van der Waals surface area contributed by atoms with Gasteiger partial charge in [0.1, 0.15) is 61.0 Å². The molecular weight excluding hydrogens is 320 g/mol. The molecule has 2 fully saturated rings. The highest BCUT2D eigenvalue weighted by Gasteiger charge is 2.52. The Morgan fingerprint density at radius 3 is 1.52 bits per heavy atom. The summed E-state index contributed by atoms with van der Waals surface area (Å²) < 4.78 is 10.2. The Balaban J connectivity index is 2.13. The molecule has 11 atom stereocenters. The van der Waals surface area contributed by atoms with Crippen molar-refractivity contribution in [3.05, 3.63) is 0 Å². The maximum absolute atomic E-state index is 9.85. The molecular formula is C12H22O11. The smallest absolute Gasteiger partial charge is 0.187 e. The molecule has 11 nitrogen and oxygen atoms in total. The van der Waals surface area contributed by atoms with Gasteiger partial charge < -0.3 is 55.4 Å². The van der Waals surface area contributed by atoms with Crippen LogP contribution < -0.4 is 0 Å². The van der Waals surface area contributed by atoms with Crippen LogP contribution in [-0.2, 0) is 9.47 Å². The highest BCUT2D eigenvalue weighted by molar-refractivity contribution is 5.00. The molecule has 136 valence electrons. The van der Waals surface area contributed by atoms with Gasteiger partial charge in [0.05, 0.1) is 6.61 Å². The van der Waals surface area contributed by atoms with Gasteiger partial charge in [-0.25, -0.2) is 0 Å². The van der Waals surface area contributed by atoms with E-state index in [2.05, 4.69) is 0 Å². The summed E-state index contributed by atoms with van der Waals surface area (Å²) in [4.78, 5) is 0. The van der Waals surface area contributed by atoms with Gasteiger partial charge in [-0.15, -0.1) is 0 Å². The molecule has 11 heteroatoms. The fraction of sp³-hybridized carbons (Fsp3) is 1.00. The molecule has 0 radical (unpaired) electrons. The minimum absolute atomic E-state index is 0.704. The Labute approximate surface area is 130 Å². The van der Waals surface area contributed by atoms with Crippen LogP contribution >= 0.6 is 0 Å². The first-order valence-electron chi connectivity index (χ1n) is 7.07. The van der Waals surface area contributed by atoms with Gasteiger partial charge in [-0.2, -0.15) is 0 Å². The first kappa shape index (κ1) is 18.9. The van der Waals surface area contributed by atoms with Crippen molar-refractivity contribution >= 4 is 0 Å². The maximum Gasteiger partial charge on any atom is 0.187 e. The molecule has 23 heavy (non-hydrogen) atoms. The molecule has 2 unspecified atom stereocenters. The highest BCUT2D eigenvalue weighted by atomic mass is 16.7. The average Bonchev–Trinajstić information content (AvgIpc) is 2.54. The number of aliphatic hydroxyl groups is 9. The molecule has 1 aliphatic heterocycles. The predicted molar refractivity (Wildman–Crippen MR) is 68.7 cm³/mol. The van der Waals surface area contributed by atoms with Crippen LogP contribution in [0, 0.1) is 0 Å². The van der Waals surface area contributed by atoms with Crippen LogP contribution in [0.3, 0.4) is 0 Å². The monoisotopic (exact) mass is 342 g/mol. The number of ether oxygens (including phenoxy) is 2. The molecule has 1 heterocycles. The van der Waals surface area contributed by atoms with Crippen molar-refractivity contribution in [3.63, 3.8) is 0 Å². The Hall–Kier alpha value is -0.440. The third-order valence-corrected chi connectivity index (χ3v) is 4.21. The van der Waals surface area contributed by atoms with Crippen LogP contribution in [-0.4, -0.2) is 120 Å². The van der Waals surface area contributed by atoms with Gasteiger partial charge >= 0.3 is 0 Å². The van der Waals surface area contributed by atoms with Crippen LogP contribution in [0.4, 0.5) is 0 Å². The zero-order valence-electron chi connectivity index (χ0n) is 11.9. The number of aliphatic hydroxyl groups excluding tert-OH is 9. The highest BCUT2D eigenvalue weighted by Crippen LogP contribution is 2.29. The van der Waals surface area contributed by atoms with E-state index in [-0.39, 0.29) is 0 Å². The minimum Gasteiger partial charge on any atom is -0.394 e. The average molecular weight is 342 g/mol. The molecule has 0 aromatic heterocycles. The van der Waals surface area contributed by atoms with Crippen LogP contribution in [0.15, 0.2) is 0 Å². The summed E-state index contributed by atoms with van der Waals surface area (Å²) in [6, 6.07) is 0. The van der Waals surface area contributed by atoms with Gasteiger partial charge in [-0.3, -0.25) is 0 Å². The maximum atomic E-state index is 9.85. The first-order chi connectivity index (χ1) is 10.7. The molecule has 1 saturated carbocycles. The van der Waals surface area contributed by atoms with Crippen molar-refractivity contribution < 1.29 is 55.4 Å². The third kappa shape index (κ3) is 3.36. The fourth-order valence-electron chi connectivity index (χ4n) is 2.69. The zero-order valence-corrected chi connectivity index (χ0v) is 11.9. The second-order valence-electron chi connectivity index (χ2n) is 5.75. The van der Waals surface area contributed by atoms with Gasteiger partial charge in [0, 0.05) is 0 Å². The van der Waals surface area contributed by atoms with Crippen LogP contribution in [0.5, 0.6) is 0 Å². The van der Waals surface area contributed by atoms with Crippen LogP contribution in [0.1, 0.15) is 0 Å². The molecule has 0 aromatic rings. The zero-order chi connectivity index (χ0) is 17.5. The lowest BCUT2D eigenvalue weighted by Crippen LogP contribution is -2.67. The number of rotatable bonds is 3. The van der Waals surface area contributed by atoms with Crippen molar-refractivity contribution in [1.29, 1.82) is 0 Å². The minimum atomic E-state index is -1.83. The molecule has 0 spiro atoms. The van der Waals surface area contributed by atoms with Gasteiger partial charge in [0.15, 0.2) is 6.29 Å². The van der Waals surface area contributed by atoms with Gasteiger partial charge in [-0.1, -0.05) is 0 Å². The normalized spacial score (nSPS) is 54.9. The van der Waals surface area contributed by atoms with Crippen molar-refractivity contribution in [2.75, 3.05) is 6.61 Å². The second kappa shape index (κ2) is 7.21. The standard InChI is InChI=1S/C12H22O11/c13-1-2-3(14)4(15)10(21)12(22-2)23-11-8(19)6(17)5(16)7(18)9(11)20/h2-21H,1H2/t2-,3-,4+,5?,6-,7+,8+,9+,10+,11?,12-/m1/s1. The van der Waals surface area contributed by atoms with Gasteiger partial charge in [0.2, 0.25) is 0 Å². The molecule has 0 aromatic carbocycles. The van der Waals surface area contributed by atoms with Crippen LogP contribution in [0.25, 0.3) is 0 Å². The van der Waals surface area contributed by atoms with E-state index in [1.165, 1.54) is 0 Å². The fourth-order valence-corrected chi connectivity index (χ4v) is 2.69. The molecule has 9 N–H and O–H groups in total. The molecule has 2 aliphatic rings. The summed E-state index contributed by atoms with van der Waals surface area (Å²) in [5.41, 5.74) is 0. The Kier molecular flexibility index (Phi) is 5.92. The largest absolute Gasteiger partial charge is 0.394 e. The van der Waals surface area contributed by atoms with E-state index >= 15 is 0 Å². The molecule has 1 aliphatic carbocycles. The van der Waals surface area contributed by atoms with E-state index in [4.69, 9.17) is 14.6 Å². The Morgan fingerprint density at radius 2 is 1.04 bits per heavy atom. The SMILES string of the molecule is OC[C@H]1O[C@H](OC2[C@@H](O)[C@H](O)C(O)[C@H](O)[C@@H]2O)[C@@H](O)[C@@H](O)[C@@H]1O. The lowest BCUT2D eigenvalue weighted by Gasteiger charge is -2.45. The second-order valence-corrected chi connectivity index (χ2v) is 5.75. The number of hydrogen-bond donors (Lipinski definition) is 9. The van der Waals surface area contributed by atoms with Crippen molar-refractivity contribution in [3.8, 4) is 0 Å². The summed E-state index contributed by atoms with van der Waals surface area (Å²) in [6.07, 6.45) is -18.9.